The van der Waals surface area contributed by atoms with Crippen molar-refractivity contribution in [3.8, 4) is 5.75 Å². The first-order chi connectivity index (χ1) is 18.5. The predicted octanol–water partition coefficient (Wildman–Crippen LogP) is 5.80. The summed E-state index contributed by atoms with van der Waals surface area (Å²) in [7, 11) is 0. The average molecular weight is 509 g/mol. The molecule has 0 bridgehead atoms. The zero-order chi connectivity index (χ0) is 26.0. The van der Waals surface area contributed by atoms with Crippen molar-refractivity contribution in [3.05, 3.63) is 116 Å². The number of benzene rings is 2. The highest BCUT2D eigenvalue weighted by Gasteiger charge is 2.30. The van der Waals surface area contributed by atoms with Gasteiger partial charge in [-0.1, -0.05) is 29.4 Å². The van der Waals surface area contributed by atoms with Crippen molar-refractivity contribution >= 4 is 16.8 Å². The molecule has 1 aliphatic carbocycles. The van der Waals surface area contributed by atoms with Crippen LogP contribution in [0.5, 0.6) is 5.75 Å². The van der Waals surface area contributed by atoms with Crippen LogP contribution in [0.25, 0.3) is 16.8 Å². The molecular weight excluding hydrogens is 483 g/mol. The Balaban J connectivity index is 1.36. The van der Waals surface area contributed by atoms with Gasteiger partial charge in [0.2, 0.25) is 0 Å². The molecule has 1 N–H and O–H groups in total. The molecule has 1 fully saturated rings. The van der Waals surface area contributed by atoms with Crippen LogP contribution in [0.15, 0.2) is 64.0 Å². The van der Waals surface area contributed by atoms with Crippen LogP contribution in [0.1, 0.15) is 70.7 Å². The van der Waals surface area contributed by atoms with E-state index in [9.17, 15) is 9.18 Å². The van der Waals surface area contributed by atoms with Crippen LogP contribution in [0.3, 0.4) is 0 Å². The number of aromatic amines is 1. The topological polar surface area (TPSA) is 85.4 Å². The molecule has 0 saturated heterocycles. The molecule has 7 nitrogen and oxygen atoms in total. The average Bonchev–Trinajstić information content (AvgIpc) is 3.59. The summed E-state index contributed by atoms with van der Waals surface area (Å²) >= 11 is 0. The number of rotatable bonds is 4. The number of hydrogen-bond donors (Lipinski definition) is 1. The summed E-state index contributed by atoms with van der Waals surface area (Å²) in [6, 6.07) is 15.0. The first-order valence-corrected chi connectivity index (χ1v) is 12.7. The Hall–Kier alpha value is -4.46. The number of aromatic nitrogens is 4. The fourth-order valence-corrected chi connectivity index (χ4v) is 5.48. The van der Waals surface area contributed by atoms with Crippen molar-refractivity contribution < 1.29 is 13.7 Å². The van der Waals surface area contributed by atoms with Gasteiger partial charge in [0.1, 0.15) is 23.8 Å². The zero-order valence-corrected chi connectivity index (χ0v) is 21.0. The third-order valence-electron chi connectivity index (χ3n) is 7.52. The smallest absolute Gasteiger partial charge is 0.439 e. The summed E-state index contributed by atoms with van der Waals surface area (Å²) in [4.78, 5) is 19.3. The summed E-state index contributed by atoms with van der Waals surface area (Å²) in [5, 5.41) is 3.89. The van der Waals surface area contributed by atoms with Crippen molar-refractivity contribution in [2.45, 2.75) is 45.6 Å². The van der Waals surface area contributed by atoms with Crippen LogP contribution in [-0.4, -0.2) is 19.5 Å². The van der Waals surface area contributed by atoms with Gasteiger partial charge in [0, 0.05) is 35.7 Å². The third-order valence-corrected chi connectivity index (χ3v) is 7.52. The molecule has 0 atom stereocenters. The zero-order valence-electron chi connectivity index (χ0n) is 21.0. The lowest BCUT2D eigenvalue weighted by atomic mass is 9.89. The Morgan fingerprint density at radius 1 is 1.16 bits per heavy atom. The Kier molecular flexibility index (Phi) is 5.11. The van der Waals surface area contributed by atoms with Crippen molar-refractivity contribution in [1.82, 2.24) is 19.5 Å². The SMILES string of the molecule is C/C(=C1/c2ccc(Cc3c(C4CC4)nc4c(C)cccn34)cc2COc2cc(F)ccc21)c1noc(=O)[nH]1. The lowest BCUT2D eigenvalue weighted by Crippen LogP contribution is -2.02. The number of H-pyrrole nitrogens is 1. The van der Waals surface area contributed by atoms with E-state index in [-0.39, 0.29) is 12.4 Å². The van der Waals surface area contributed by atoms with Crippen LogP contribution < -0.4 is 10.5 Å². The largest absolute Gasteiger partial charge is 0.488 e. The van der Waals surface area contributed by atoms with E-state index in [1.165, 1.54) is 36.4 Å². The maximum atomic E-state index is 14.2. The van der Waals surface area contributed by atoms with Crippen molar-refractivity contribution in [2.75, 3.05) is 0 Å². The highest BCUT2D eigenvalue weighted by atomic mass is 19.1. The lowest BCUT2D eigenvalue weighted by molar-refractivity contribution is 0.305. The molecule has 3 aromatic heterocycles. The minimum absolute atomic E-state index is 0.285. The Labute approximate surface area is 217 Å². The number of ether oxygens (including phenoxy) is 1. The fraction of sp³-hybridized carbons (Fsp3) is 0.233. The minimum atomic E-state index is -0.630. The molecule has 2 aromatic carbocycles. The van der Waals surface area contributed by atoms with Crippen molar-refractivity contribution in [2.24, 2.45) is 0 Å². The number of nitrogens with one attached hydrogen (secondary N) is 1. The van der Waals surface area contributed by atoms with E-state index in [0.717, 1.165) is 45.5 Å². The van der Waals surface area contributed by atoms with Gasteiger partial charge in [-0.2, -0.15) is 0 Å². The number of hydrogen-bond acceptors (Lipinski definition) is 5. The van der Waals surface area contributed by atoms with E-state index >= 15 is 0 Å². The molecule has 1 saturated carbocycles. The maximum Gasteiger partial charge on any atom is 0.439 e. The summed E-state index contributed by atoms with van der Waals surface area (Å²) in [5.41, 5.74) is 9.89. The molecule has 4 heterocycles. The van der Waals surface area contributed by atoms with Gasteiger partial charge in [-0.25, -0.2) is 14.2 Å². The molecule has 7 rings (SSSR count). The first-order valence-electron chi connectivity index (χ1n) is 12.7. The van der Waals surface area contributed by atoms with Crippen LogP contribution in [-0.2, 0) is 13.0 Å². The molecule has 1 aliphatic heterocycles. The fourth-order valence-electron chi connectivity index (χ4n) is 5.48. The Morgan fingerprint density at radius 2 is 2.00 bits per heavy atom. The van der Waals surface area contributed by atoms with E-state index in [2.05, 4.69) is 58.0 Å². The number of aryl methyl sites for hydroxylation is 1. The van der Waals surface area contributed by atoms with Crippen LogP contribution in [0.4, 0.5) is 4.39 Å². The van der Waals surface area contributed by atoms with E-state index in [4.69, 9.17) is 14.2 Å². The normalized spacial score (nSPS) is 16.1. The van der Waals surface area contributed by atoms with Crippen molar-refractivity contribution in [1.29, 1.82) is 0 Å². The van der Waals surface area contributed by atoms with E-state index in [1.54, 1.807) is 6.07 Å². The monoisotopic (exact) mass is 508 g/mol. The summed E-state index contributed by atoms with van der Waals surface area (Å²) in [6.07, 6.45) is 5.19. The number of imidazole rings is 1. The molecule has 190 valence electrons. The minimum Gasteiger partial charge on any atom is -0.488 e. The predicted molar refractivity (Wildman–Crippen MR) is 141 cm³/mol. The first kappa shape index (κ1) is 22.7. The molecule has 0 unspecified atom stereocenters. The lowest BCUT2D eigenvalue weighted by Gasteiger charge is -2.14. The van der Waals surface area contributed by atoms with E-state index < -0.39 is 5.76 Å². The van der Waals surface area contributed by atoms with Gasteiger partial charge in [0.15, 0.2) is 5.82 Å². The van der Waals surface area contributed by atoms with Crippen LogP contribution in [0.2, 0.25) is 0 Å². The van der Waals surface area contributed by atoms with Gasteiger partial charge in [-0.3, -0.25) is 9.51 Å². The van der Waals surface area contributed by atoms with Crippen molar-refractivity contribution in [3.63, 3.8) is 0 Å². The number of fused-ring (bicyclic) bond motifs is 3. The molecule has 0 amide bonds. The van der Waals surface area contributed by atoms with Crippen LogP contribution in [0, 0.1) is 12.7 Å². The highest BCUT2D eigenvalue weighted by molar-refractivity contribution is 5.99. The highest BCUT2D eigenvalue weighted by Crippen LogP contribution is 2.43. The Morgan fingerprint density at radius 3 is 2.79 bits per heavy atom. The van der Waals surface area contributed by atoms with Gasteiger partial charge < -0.3 is 9.14 Å². The van der Waals surface area contributed by atoms with Gasteiger partial charge >= 0.3 is 5.76 Å². The summed E-state index contributed by atoms with van der Waals surface area (Å²) in [6.45, 7) is 4.25. The molecular formula is C30H25FN4O3. The molecule has 38 heavy (non-hydrogen) atoms. The molecule has 0 spiro atoms. The molecule has 8 heteroatoms. The number of allylic oxidation sites excluding steroid dienone is 1. The summed E-state index contributed by atoms with van der Waals surface area (Å²) < 4.78 is 27.3. The number of halogens is 1. The standard InChI is InChI=1S/C30H25FN4O3/c1-16-4-3-11-35-24(27(19-6-7-19)32-29(16)35)13-18-5-9-22-20(12-18)15-37-25-14-21(31)8-10-23(25)26(22)17(2)28-33-30(36)38-34-28/h3-5,8-12,14,19H,6-7,13,15H2,1-2H3,(H,33,34,36)/b26-17+. The Bertz CT molecular complexity index is 1820. The van der Waals surface area contributed by atoms with E-state index in [0.29, 0.717) is 23.1 Å². The second-order valence-corrected chi connectivity index (χ2v) is 10.1. The quantitative estimate of drug-likeness (QED) is 0.332. The second-order valence-electron chi connectivity index (χ2n) is 10.1. The van der Waals surface area contributed by atoms with Gasteiger partial charge in [0.25, 0.3) is 0 Å². The number of nitrogens with zero attached hydrogens (tertiary/aromatic N) is 3. The van der Waals surface area contributed by atoms with Gasteiger partial charge in [0.05, 0.1) is 11.4 Å². The van der Waals surface area contributed by atoms with Gasteiger partial charge in [-0.05, 0) is 72.7 Å². The maximum absolute atomic E-state index is 14.2. The molecule has 5 aromatic rings. The van der Waals surface area contributed by atoms with Gasteiger partial charge in [-0.15, -0.1) is 0 Å². The second kappa shape index (κ2) is 8.55. The summed E-state index contributed by atoms with van der Waals surface area (Å²) in [5.74, 6) is 0.287. The van der Waals surface area contributed by atoms with Crippen LogP contribution >= 0.6 is 0 Å². The molecule has 0 radical (unpaired) electrons. The molecule has 2 aliphatic rings. The van der Waals surface area contributed by atoms with E-state index in [1.807, 2.05) is 6.92 Å². The number of pyridine rings is 1. The third kappa shape index (κ3) is 3.75.